The van der Waals surface area contributed by atoms with Crippen LogP contribution in [0.4, 0.5) is 0 Å². The molecule has 0 unspecified atom stereocenters. The molecule has 2 nitrogen and oxygen atoms in total. The lowest BCUT2D eigenvalue weighted by Crippen LogP contribution is -2.30. The molecule has 0 aliphatic carbocycles. The van der Waals surface area contributed by atoms with E-state index < -0.39 is 0 Å². The van der Waals surface area contributed by atoms with E-state index in [1.54, 1.807) is 0 Å². The Balaban J connectivity index is 2.22. The molecule has 2 heteroatoms. The van der Waals surface area contributed by atoms with Gasteiger partial charge in [-0.2, -0.15) is 0 Å². The minimum Gasteiger partial charge on any atom is -0.396 e. The van der Waals surface area contributed by atoms with Crippen LogP contribution >= 0.6 is 0 Å². The van der Waals surface area contributed by atoms with Gasteiger partial charge in [0.2, 0.25) is 0 Å². The normalized spacial score (nSPS) is 12.2. The Labute approximate surface area is 104 Å². The van der Waals surface area contributed by atoms with Crippen molar-refractivity contribution < 1.29 is 5.11 Å². The molecular formula is C15H23NO. The molecule has 0 amide bonds. The summed E-state index contributed by atoms with van der Waals surface area (Å²) in [6.07, 6.45) is 5.08. The molecule has 0 heterocycles. The van der Waals surface area contributed by atoms with Gasteiger partial charge in [0.05, 0.1) is 0 Å². The summed E-state index contributed by atoms with van der Waals surface area (Å²) in [6.45, 7) is 6.37. The van der Waals surface area contributed by atoms with Gasteiger partial charge in [-0.25, -0.2) is 0 Å². The van der Waals surface area contributed by atoms with Crippen LogP contribution in [-0.2, 0) is 0 Å². The Morgan fingerprint density at radius 1 is 1.24 bits per heavy atom. The van der Waals surface area contributed by atoms with Gasteiger partial charge in [-0.1, -0.05) is 56.3 Å². The van der Waals surface area contributed by atoms with Gasteiger partial charge in [-0.05, 0) is 17.4 Å². The third kappa shape index (κ3) is 6.25. The third-order valence-electron chi connectivity index (χ3n) is 2.76. The van der Waals surface area contributed by atoms with E-state index in [2.05, 4.69) is 43.4 Å². The summed E-state index contributed by atoms with van der Waals surface area (Å²) in [6, 6.07) is 10.3. The lowest BCUT2D eigenvalue weighted by Gasteiger charge is -2.23. The Morgan fingerprint density at radius 3 is 2.59 bits per heavy atom. The SMILES string of the molecule is CC(C)(CCO)CNC/C=C/c1ccccc1. The maximum atomic E-state index is 8.91. The molecule has 17 heavy (non-hydrogen) atoms. The summed E-state index contributed by atoms with van der Waals surface area (Å²) in [7, 11) is 0. The number of aliphatic hydroxyl groups excluding tert-OH is 1. The smallest absolute Gasteiger partial charge is 0.0436 e. The van der Waals surface area contributed by atoms with Crippen molar-refractivity contribution in [1.29, 1.82) is 0 Å². The number of hydrogen-bond acceptors (Lipinski definition) is 2. The predicted octanol–water partition coefficient (Wildman–Crippen LogP) is 2.70. The summed E-state index contributed by atoms with van der Waals surface area (Å²) in [5, 5.41) is 12.3. The van der Waals surface area contributed by atoms with Gasteiger partial charge in [-0.15, -0.1) is 0 Å². The molecule has 1 aromatic rings. The first-order chi connectivity index (χ1) is 8.14. The van der Waals surface area contributed by atoms with Gasteiger partial charge < -0.3 is 10.4 Å². The van der Waals surface area contributed by atoms with E-state index in [1.165, 1.54) is 5.56 Å². The zero-order valence-electron chi connectivity index (χ0n) is 10.8. The lowest BCUT2D eigenvalue weighted by atomic mass is 9.90. The maximum absolute atomic E-state index is 8.91. The highest BCUT2D eigenvalue weighted by atomic mass is 16.3. The second kappa shape index (κ2) is 7.25. The van der Waals surface area contributed by atoms with Gasteiger partial charge >= 0.3 is 0 Å². The molecule has 2 N–H and O–H groups in total. The fourth-order valence-electron chi connectivity index (χ4n) is 1.64. The van der Waals surface area contributed by atoms with E-state index in [0.29, 0.717) is 0 Å². The van der Waals surface area contributed by atoms with Crippen LogP contribution in [0.3, 0.4) is 0 Å². The van der Waals surface area contributed by atoms with Crippen LogP contribution in [0.1, 0.15) is 25.8 Å². The van der Waals surface area contributed by atoms with Crippen molar-refractivity contribution in [2.24, 2.45) is 5.41 Å². The number of hydrogen-bond donors (Lipinski definition) is 2. The van der Waals surface area contributed by atoms with Crippen LogP contribution in [0.15, 0.2) is 36.4 Å². The second-order valence-electron chi connectivity index (χ2n) is 5.08. The molecule has 1 rings (SSSR count). The highest BCUT2D eigenvalue weighted by Crippen LogP contribution is 2.17. The molecular weight excluding hydrogens is 210 g/mol. The van der Waals surface area contributed by atoms with Crippen LogP contribution < -0.4 is 5.32 Å². The van der Waals surface area contributed by atoms with Crippen molar-refractivity contribution in [2.75, 3.05) is 19.7 Å². The van der Waals surface area contributed by atoms with Gasteiger partial charge in [0.15, 0.2) is 0 Å². The van der Waals surface area contributed by atoms with E-state index in [-0.39, 0.29) is 12.0 Å². The fraction of sp³-hybridized carbons (Fsp3) is 0.467. The van der Waals surface area contributed by atoms with Gasteiger partial charge in [0.1, 0.15) is 0 Å². The monoisotopic (exact) mass is 233 g/mol. The molecule has 0 aliphatic rings. The standard InChI is InChI=1S/C15H23NO/c1-15(2,10-12-17)13-16-11-6-9-14-7-4-3-5-8-14/h3-9,16-17H,10-13H2,1-2H3/b9-6+. The summed E-state index contributed by atoms with van der Waals surface area (Å²) < 4.78 is 0. The van der Waals surface area contributed by atoms with E-state index in [4.69, 9.17) is 5.11 Å². The number of rotatable bonds is 7. The van der Waals surface area contributed by atoms with E-state index in [0.717, 1.165) is 19.5 Å². The molecule has 94 valence electrons. The first-order valence-electron chi connectivity index (χ1n) is 6.17. The first-order valence-corrected chi connectivity index (χ1v) is 6.17. The highest BCUT2D eigenvalue weighted by molar-refractivity contribution is 5.48. The van der Waals surface area contributed by atoms with Crippen molar-refractivity contribution in [2.45, 2.75) is 20.3 Å². The minimum absolute atomic E-state index is 0.162. The Morgan fingerprint density at radius 2 is 1.94 bits per heavy atom. The second-order valence-corrected chi connectivity index (χ2v) is 5.08. The Bertz CT molecular complexity index is 330. The maximum Gasteiger partial charge on any atom is 0.0436 e. The molecule has 0 aliphatic heterocycles. The zero-order valence-corrected chi connectivity index (χ0v) is 10.8. The van der Waals surface area contributed by atoms with Gasteiger partial charge in [0.25, 0.3) is 0 Å². The molecule has 0 spiro atoms. The zero-order chi connectivity index (χ0) is 12.6. The average molecular weight is 233 g/mol. The molecule has 1 aromatic carbocycles. The molecule has 0 fully saturated rings. The summed E-state index contributed by atoms with van der Waals surface area (Å²) in [4.78, 5) is 0. The average Bonchev–Trinajstić information content (AvgIpc) is 2.30. The molecule has 0 radical (unpaired) electrons. The van der Waals surface area contributed by atoms with Gasteiger partial charge in [0, 0.05) is 19.7 Å². The summed E-state index contributed by atoms with van der Waals surface area (Å²) in [5.41, 5.74) is 1.39. The summed E-state index contributed by atoms with van der Waals surface area (Å²) in [5.74, 6) is 0. The highest BCUT2D eigenvalue weighted by Gasteiger charge is 2.15. The van der Waals surface area contributed by atoms with Crippen LogP contribution in [-0.4, -0.2) is 24.8 Å². The largest absolute Gasteiger partial charge is 0.396 e. The number of benzene rings is 1. The van der Waals surface area contributed by atoms with Gasteiger partial charge in [-0.3, -0.25) is 0 Å². The van der Waals surface area contributed by atoms with Crippen LogP contribution in [0.25, 0.3) is 6.08 Å². The lowest BCUT2D eigenvalue weighted by molar-refractivity contribution is 0.208. The molecule has 0 bridgehead atoms. The number of nitrogens with one attached hydrogen (secondary N) is 1. The van der Waals surface area contributed by atoms with Crippen LogP contribution in [0.2, 0.25) is 0 Å². The molecule has 0 saturated heterocycles. The van der Waals surface area contributed by atoms with Crippen LogP contribution in [0.5, 0.6) is 0 Å². The van der Waals surface area contributed by atoms with E-state index in [9.17, 15) is 0 Å². The quantitative estimate of drug-likeness (QED) is 0.710. The van der Waals surface area contributed by atoms with Crippen molar-refractivity contribution in [3.63, 3.8) is 0 Å². The fourth-order valence-corrected chi connectivity index (χ4v) is 1.64. The minimum atomic E-state index is 0.162. The van der Waals surface area contributed by atoms with E-state index >= 15 is 0 Å². The van der Waals surface area contributed by atoms with E-state index in [1.807, 2.05) is 18.2 Å². The first kappa shape index (κ1) is 13.9. The molecule has 0 saturated carbocycles. The Hall–Kier alpha value is -1.12. The summed E-state index contributed by atoms with van der Waals surface area (Å²) >= 11 is 0. The molecule has 0 aromatic heterocycles. The van der Waals surface area contributed by atoms with Crippen molar-refractivity contribution in [1.82, 2.24) is 5.32 Å². The molecule has 0 atom stereocenters. The predicted molar refractivity (Wildman–Crippen MR) is 73.8 cm³/mol. The number of aliphatic hydroxyl groups is 1. The van der Waals surface area contributed by atoms with Crippen LogP contribution in [0, 0.1) is 5.41 Å². The van der Waals surface area contributed by atoms with Crippen molar-refractivity contribution in [3.8, 4) is 0 Å². The van der Waals surface area contributed by atoms with Crippen molar-refractivity contribution in [3.05, 3.63) is 42.0 Å². The Kier molecular flexibility index (Phi) is 5.95. The van der Waals surface area contributed by atoms with Crippen molar-refractivity contribution >= 4 is 6.08 Å². The topological polar surface area (TPSA) is 32.3 Å². The third-order valence-corrected chi connectivity index (χ3v) is 2.76.